The number of fused-ring (bicyclic) bond motifs is 2. The van der Waals surface area contributed by atoms with Gasteiger partial charge in [0.2, 0.25) is 9.48 Å². The number of allylic oxidation sites excluding steroid dienone is 4. The third-order valence-corrected chi connectivity index (χ3v) is 8.53. The van der Waals surface area contributed by atoms with Crippen LogP contribution in [0.5, 0.6) is 11.5 Å². The predicted molar refractivity (Wildman–Crippen MR) is 179 cm³/mol. The van der Waals surface area contributed by atoms with Gasteiger partial charge in [0.15, 0.2) is 0 Å². The maximum absolute atomic E-state index is 12.9. The molecule has 0 saturated carbocycles. The van der Waals surface area contributed by atoms with E-state index in [1.807, 2.05) is 85.8 Å². The van der Waals surface area contributed by atoms with Gasteiger partial charge in [-0.25, -0.2) is 0 Å². The van der Waals surface area contributed by atoms with Crippen molar-refractivity contribution in [2.75, 3.05) is 20.3 Å². The molecule has 0 amide bonds. The highest BCUT2D eigenvalue weighted by Gasteiger charge is 2.16. The minimum Gasteiger partial charge on any atom is -0.491 e. The van der Waals surface area contributed by atoms with Gasteiger partial charge >= 0.3 is 0 Å². The molecule has 0 radical (unpaired) electrons. The Morgan fingerprint density at radius 3 is 2.11 bits per heavy atom. The van der Waals surface area contributed by atoms with Crippen molar-refractivity contribution in [3.63, 3.8) is 0 Å². The molecule has 0 aliphatic carbocycles. The molecule has 3 aromatic carbocycles. The molecule has 0 saturated heterocycles. The third kappa shape index (κ3) is 7.50. The Kier molecular flexibility index (Phi) is 10.0. The van der Waals surface area contributed by atoms with Gasteiger partial charge in [-0.2, -0.15) is 0 Å². The zero-order chi connectivity index (χ0) is 31.1. The van der Waals surface area contributed by atoms with Gasteiger partial charge < -0.3 is 9.47 Å². The largest absolute Gasteiger partial charge is 0.491 e. The van der Waals surface area contributed by atoms with E-state index in [0.717, 1.165) is 48.4 Å². The van der Waals surface area contributed by atoms with Gasteiger partial charge in [0.25, 0.3) is 0 Å². The highest BCUT2D eigenvalue weighted by Crippen LogP contribution is 2.28. The molecule has 2 aromatic heterocycles. The average Bonchev–Trinajstić information content (AvgIpc) is 3.01. The van der Waals surface area contributed by atoms with Gasteiger partial charge in [-0.3, -0.25) is 19.6 Å². The molecule has 9 heteroatoms. The number of hydrogen-bond donors (Lipinski definition) is 1. The van der Waals surface area contributed by atoms with E-state index in [-0.39, 0.29) is 22.7 Å². The lowest BCUT2D eigenvalue weighted by atomic mass is 10.1. The van der Waals surface area contributed by atoms with Crippen LogP contribution >= 0.6 is 22.7 Å². The van der Waals surface area contributed by atoms with Crippen LogP contribution in [0.2, 0.25) is 0 Å². The van der Waals surface area contributed by atoms with Crippen LogP contribution in [0.3, 0.4) is 0 Å². The molecule has 7 nitrogen and oxygen atoms in total. The van der Waals surface area contributed by atoms with Crippen molar-refractivity contribution >= 4 is 48.4 Å². The minimum atomic E-state index is -0.672. The van der Waals surface area contributed by atoms with Crippen LogP contribution in [0.4, 0.5) is 0 Å². The number of hydrogen-bond acceptors (Lipinski definition) is 9. The summed E-state index contributed by atoms with van der Waals surface area (Å²) in [6.07, 6.45) is 10.0. The first-order valence-electron chi connectivity index (χ1n) is 13.7. The smallest absolute Gasteiger partial charge is 0.240 e. The fraction of sp³-hybridized carbons (Fsp3) is 0.143. The highest BCUT2D eigenvalue weighted by molar-refractivity contribution is 7.16. The van der Waals surface area contributed by atoms with Crippen LogP contribution in [-0.2, 0) is 4.84 Å². The molecule has 1 N–H and O–H groups in total. The normalized spacial score (nSPS) is 12.6. The highest BCUT2D eigenvalue weighted by atomic mass is 32.1. The molecular formula is C35H29NO6S2. The van der Waals surface area contributed by atoms with E-state index in [1.54, 1.807) is 18.2 Å². The topological polar surface area (TPSA) is 85.3 Å². The number of benzene rings is 3. The molecule has 5 aromatic rings. The average molecular weight is 624 g/mol. The summed E-state index contributed by atoms with van der Waals surface area (Å²) in [5.74, 6) is 3.58. The number of hydroxylamine groups is 2. The molecule has 5 rings (SSSR count). The van der Waals surface area contributed by atoms with E-state index in [1.165, 1.54) is 7.05 Å². The molecule has 0 aliphatic rings. The van der Waals surface area contributed by atoms with Gasteiger partial charge in [0.05, 0.1) is 0 Å². The lowest BCUT2D eigenvalue weighted by Gasteiger charge is -2.21. The summed E-state index contributed by atoms with van der Waals surface area (Å²) in [5.41, 5.74) is 2.77. The fourth-order valence-electron chi connectivity index (χ4n) is 4.57. The quantitative estimate of drug-likeness (QED) is 0.0948. The van der Waals surface area contributed by atoms with Gasteiger partial charge in [0, 0.05) is 27.6 Å². The summed E-state index contributed by atoms with van der Waals surface area (Å²) >= 11 is 2.27. The van der Waals surface area contributed by atoms with Gasteiger partial charge in [-0.1, -0.05) is 76.3 Å². The van der Waals surface area contributed by atoms with E-state index in [4.69, 9.17) is 20.7 Å². The molecule has 0 fully saturated rings. The molecule has 1 atom stereocenters. The van der Waals surface area contributed by atoms with Crippen LogP contribution in [0.1, 0.15) is 12.5 Å². The molecule has 0 bridgehead atoms. The summed E-state index contributed by atoms with van der Waals surface area (Å²) in [5, 5.41) is 12.2. The van der Waals surface area contributed by atoms with E-state index >= 15 is 0 Å². The fourth-order valence-corrected chi connectivity index (χ4v) is 6.38. The summed E-state index contributed by atoms with van der Waals surface area (Å²) in [6.45, 7) is 1.99. The first-order valence-corrected chi connectivity index (χ1v) is 15.3. The maximum Gasteiger partial charge on any atom is 0.240 e. The second-order valence-corrected chi connectivity index (χ2v) is 11.8. The molecule has 2 heterocycles. The van der Waals surface area contributed by atoms with Gasteiger partial charge in [0.1, 0.15) is 30.8 Å². The lowest BCUT2D eigenvalue weighted by molar-refractivity contribution is -0.349. The Labute approximate surface area is 262 Å². The number of rotatable bonds is 11. The number of ether oxygens (including phenoxy) is 2. The Hall–Kier alpha value is -4.56. The van der Waals surface area contributed by atoms with Crippen LogP contribution in [0.25, 0.3) is 36.9 Å². The van der Waals surface area contributed by atoms with Crippen LogP contribution < -0.4 is 19.0 Å². The first kappa shape index (κ1) is 30.9. The number of terminal acetylenes is 1. The number of nitrogens with zero attached hydrogens (tertiary/aromatic N) is 1. The van der Waals surface area contributed by atoms with E-state index in [9.17, 15) is 14.8 Å². The minimum absolute atomic E-state index is 0.0312. The van der Waals surface area contributed by atoms with Crippen molar-refractivity contribution in [2.24, 2.45) is 0 Å². The standard InChI is InChI=1S/C35H29NO6S2/c1-4-9-23(10-5-2)30-17-25-13-15-27(19-32(25)43-34(30)37)40-21-29(42-36(3)39)22-41-28-16-14-26-18-31(24-11-7-6-8-12-24)35(38)44-33(26)20-28/h1,5-20,29,39H,21-22H2,2-3H3/b10-5-,23-9+. The molecule has 44 heavy (non-hydrogen) atoms. The molecular weight excluding hydrogens is 595 g/mol. The zero-order valence-electron chi connectivity index (χ0n) is 24.1. The Morgan fingerprint density at radius 1 is 0.909 bits per heavy atom. The Morgan fingerprint density at radius 2 is 1.52 bits per heavy atom. The maximum atomic E-state index is 12.9. The second kappa shape index (κ2) is 14.3. The van der Waals surface area contributed by atoms with Crippen LogP contribution in [-0.4, -0.2) is 36.8 Å². The SMILES string of the molecule is C#C/C=C(\C=C/C)c1cc2ccc(OCC(COc3ccc4cc(-c5ccccc5)c(=O)sc4c3)ON(C)O)cc2sc1=O. The molecule has 222 valence electrons. The van der Waals surface area contributed by atoms with E-state index < -0.39 is 6.10 Å². The summed E-state index contributed by atoms with van der Waals surface area (Å²) in [4.78, 5) is 31.2. The zero-order valence-corrected chi connectivity index (χ0v) is 25.7. The first-order chi connectivity index (χ1) is 21.3. The Balaban J connectivity index is 1.28. The monoisotopic (exact) mass is 623 g/mol. The van der Waals surface area contributed by atoms with Crippen molar-refractivity contribution in [1.29, 1.82) is 0 Å². The predicted octanol–water partition coefficient (Wildman–Crippen LogP) is 7.18. The second-order valence-electron chi connectivity index (χ2n) is 9.74. The summed E-state index contributed by atoms with van der Waals surface area (Å²) in [6, 6.07) is 24.3. The van der Waals surface area contributed by atoms with Crippen LogP contribution in [0.15, 0.2) is 107 Å². The van der Waals surface area contributed by atoms with E-state index in [2.05, 4.69) is 5.92 Å². The Bertz CT molecular complexity index is 2000. The van der Waals surface area contributed by atoms with Gasteiger partial charge in [-0.15, -0.1) is 6.42 Å². The van der Waals surface area contributed by atoms with Crippen molar-refractivity contribution in [3.05, 3.63) is 122 Å². The van der Waals surface area contributed by atoms with Crippen molar-refractivity contribution in [3.8, 4) is 35.0 Å². The third-order valence-electron chi connectivity index (χ3n) is 6.57. The summed E-state index contributed by atoms with van der Waals surface area (Å²) < 4.78 is 13.4. The lowest BCUT2D eigenvalue weighted by Crippen LogP contribution is -2.33. The summed E-state index contributed by atoms with van der Waals surface area (Å²) in [7, 11) is 1.35. The van der Waals surface area contributed by atoms with Gasteiger partial charge in [-0.05, 0) is 83.4 Å². The van der Waals surface area contributed by atoms with Crippen molar-refractivity contribution in [1.82, 2.24) is 5.23 Å². The van der Waals surface area contributed by atoms with E-state index in [0.29, 0.717) is 33.4 Å². The van der Waals surface area contributed by atoms with Crippen molar-refractivity contribution in [2.45, 2.75) is 13.0 Å². The van der Waals surface area contributed by atoms with Crippen molar-refractivity contribution < 1.29 is 19.5 Å². The molecule has 0 spiro atoms. The molecule has 1 unspecified atom stereocenters. The van der Waals surface area contributed by atoms with Crippen LogP contribution in [0, 0.1) is 12.3 Å². The molecule has 0 aliphatic heterocycles.